The highest BCUT2D eigenvalue weighted by atomic mass is 19.4. The van der Waals surface area contributed by atoms with Crippen molar-refractivity contribution in [1.82, 2.24) is 9.55 Å². The molecule has 3 heterocycles. The predicted molar refractivity (Wildman–Crippen MR) is 115 cm³/mol. The van der Waals surface area contributed by atoms with E-state index in [0.717, 1.165) is 29.9 Å². The first kappa shape index (κ1) is 20.9. The molecular weight excluding hydrogens is 437 g/mol. The zero-order valence-electron chi connectivity index (χ0n) is 17.3. The van der Waals surface area contributed by atoms with Gasteiger partial charge in [-0.25, -0.2) is 0 Å². The van der Waals surface area contributed by atoms with Crippen LogP contribution < -0.4 is 19.8 Å². The molecule has 6 nitrogen and oxygen atoms in total. The van der Waals surface area contributed by atoms with Gasteiger partial charge in [-0.2, -0.15) is 4.98 Å². The average molecular weight is 454 g/mol. The SMILES string of the molecule is COc1ccc2cc(-c3ccc4c(c3)CCO4)c(=O)n(-c3ccc(OC(F)(F)F)cc3)c2n1. The Kier molecular flexibility index (Phi) is 4.96. The maximum absolute atomic E-state index is 13.6. The summed E-state index contributed by atoms with van der Waals surface area (Å²) >= 11 is 0. The summed E-state index contributed by atoms with van der Waals surface area (Å²) in [6, 6.07) is 15.8. The Morgan fingerprint density at radius 1 is 1.03 bits per heavy atom. The van der Waals surface area contributed by atoms with Gasteiger partial charge < -0.3 is 14.2 Å². The largest absolute Gasteiger partial charge is 0.573 e. The third-order valence-electron chi connectivity index (χ3n) is 5.36. The second-order valence-corrected chi connectivity index (χ2v) is 7.43. The van der Waals surface area contributed by atoms with E-state index in [0.29, 0.717) is 40.3 Å². The third kappa shape index (κ3) is 3.97. The second kappa shape index (κ2) is 7.84. The molecule has 0 radical (unpaired) electrons. The van der Waals surface area contributed by atoms with Gasteiger partial charge in [0.1, 0.15) is 11.5 Å². The highest BCUT2D eigenvalue weighted by Gasteiger charge is 2.31. The van der Waals surface area contributed by atoms with Crippen LogP contribution in [0.15, 0.2) is 65.5 Å². The standard InChI is InChI=1S/C24H17F3N2O4/c1-31-21-9-3-16-13-19(14-2-8-20-15(12-14)10-11-32-20)23(30)29(22(16)28-21)17-4-6-18(7-5-17)33-24(25,26)27/h2-9,12-13H,10-11H2,1H3. The molecule has 0 spiro atoms. The number of halogens is 3. The molecule has 168 valence electrons. The van der Waals surface area contributed by atoms with Crippen LogP contribution in [0.25, 0.3) is 27.8 Å². The van der Waals surface area contributed by atoms with E-state index in [1.54, 1.807) is 18.2 Å². The van der Waals surface area contributed by atoms with Crippen LogP contribution in [-0.2, 0) is 6.42 Å². The van der Waals surface area contributed by atoms with Crippen molar-refractivity contribution >= 4 is 11.0 Å². The highest BCUT2D eigenvalue weighted by Crippen LogP contribution is 2.31. The monoisotopic (exact) mass is 454 g/mol. The van der Waals surface area contributed by atoms with Gasteiger partial charge in [0.15, 0.2) is 5.65 Å². The van der Waals surface area contributed by atoms with Crippen molar-refractivity contribution < 1.29 is 27.4 Å². The minimum atomic E-state index is -4.81. The fourth-order valence-corrected chi connectivity index (χ4v) is 3.88. The van der Waals surface area contributed by atoms with Crippen LogP contribution in [0.3, 0.4) is 0 Å². The van der Waals surface area contributed by atoms with Gasteiger partial charge in [0, 0.05) is 23.4 Å². The number of fused-ring (bicyclic) bond motifs is 2. The molecule has 0 fully saturated rings. The molecule has 2 aromatic carbocycles. The van der Waals surface area contributed by atoms with Gasteiger partial charge in [0.25, 0.3) is 5.56 Å². The number of methoxy groups -OCH3 is 1. The van der Waals surface area contributed by atoms with E-state index in [9.17, 15) is 18.0 Å². The normalized spacial score (nSPS) is 13.0. The maximum atomic E-state index is 13.6. The van der Waals surface area contributed by atoms with E-state index >= 15 is 0 Å². The Bertz CT molecular complexity index is 1410. The molecule has 0 saturated carbocycles. The van der Waals surface area contributed by atoms with Crippen LogP contribution in [0.1, 0.15) is 5.56 Å². The summed E-state index contributed by atoms with van der Waals surface area (Å²) in [6.45, 7) is 0.594. The third-order valence-corrected chi connectivity index (χ3v) is 5.36. The first-order valence-corrected chi connectivity index (χ1v) is 10.1. The number of alkyl halides is 3. The number of hydrogen-bond acceptors (Lipinski definition) is 5. The number of ether oxygens (including phenoxy) is 3. The van der Waals surface area contributed by atoms with Crippen molar-refractivity contribution in [2.75, 3.05) is 13.7 Å². The number of hydrogen-bond donors (Lipinski definition) is 0. The van der Waals surface area contributed by atoms with Gasteiger partial charge in [-0.05, 0) is 59.7 Å². The maximum Gasteiger partial charge on any atom is 0.573 e. The lowest BCUT2D eigenvalue weighted by Crippen LogP contribution is -2.21. The lowest BCUT2D eigenvalue weighted by molar-refractivity contribution is -0.274. The van der Waals surface area contributed by atoms with Crippen molar-refractivity contribution in [2.24, 2.45) is 0 Å². The van der Waals surface area contributed by atoms with Gasteiger partial charge in [0.05, 0.1) is 19.4 Å². The molecule has 9 heteroatoms. The quantitative estimate of drug-likeness (QED) is 0.439. The molecule has 0 atom stereocenters. The molecule has 5 rings (SSSR count). The van der Waals surface area contributed by atoms with E-state index in [1.165, 1.54) is 23.8 Å². The fraction of sp³-hybridized carbons (Fsp3) is 0.167. The molecule has 0 amide bonds. The van der Waals surface area contributed by atoms with Crippen molar-refractivity contribution in [3.8, 4) is 34.2 Å². The van der Waals surface area contributed by atoms with Crippen LogP contribution in [0.2, 0.25) is 0 Å². The number of pyridine rings is 2. The molecule has 0 unspecified atom stereocenters. The summed E-state index contributed by atoms with van der Waals surface area (Å²) < 4.78 is 53.7. The van der Waals surface area contributed by atoms with Gasteiger partial charge in [-0.15, -0.1) is 13.2 Å². The number of rotatable bonds is 4. The number of nitrogens with zero attached hydrogens (tertiary/aromatic N) is 2. The molecular formula is C24H17F3N2O4. The van der Waals surface area contributed by atoms with Crippen LogP contribution in [0.4, 0.5) is 13.2 Å². The van der Waals surface area contributed by atoms with Gasteiger partial charge in [-0.1, -0.05) is 6.07 Å². The van der Waals surface area contributed by atoms with Crippen molar-refractivity contribution in [2.45, 2.75) is 12.8 Å². The molecule has 4 aromatic rings. The molecule has 33 heavy (non-hydrogen) atoms. The first-order valence-electron chi connectivity index (χ1n) is 10.1. The minimum Gasteiger partial charge on any atom is -0.493 e. The van der Waals surface area contributed by atoms with Crippen LogP contribution >= 0.6 is 0 Å². The molecule has 0 bridgehead atoms. The Hall–Kier alpha value is -4.01. The molecule has 1 aliphatic rings. The van der Waals surface area contributed by atoms with Crippen molar-refractivity contribution in [3.63, 3.8) is 0 Å². The highest BCUT2D eigenvalue weighted by molar-refractivity contribution is 5.83. The van der Waals surface area contributed by atoms with E-state index < -0.39 is 6.36 Å². The zero-order valence-corrected chi connectivity index (χ0v) is 17.3. The van der Waals surface area contributed by atoms with Gasteiger partial charge in [-0.3, -0.25) is 9.36 Å². The summed E-state index contributed by atoms with van der Waals surface area (Å²) in [4.78, 5) is 18.1. The van der Waals surface area contributed by atoms with Gasteiger partial charge >= 0.3 is 6.36 Å². The lowest BCUT2D eigenvalue weighted by Gasteiger charge is -2.15. The first-order chi connectivity index (χ1) is 15.8. The fourth-order valence-electron chi connectivity index (χ4n) is 3.88. The Balaban J connectivity index is 1.71. The lowest BCUT2D eigenvalue weighted by atomic mass is 10.0. The van der Waals surface area contributed by atoms with E-state index in [1.807, 2.05) is 18.2 Å². The predicted octanol–water partition coefficient (Wildman–Crippen LogP) is 4.89. The van der Waals surface area contributed by atoms with E-state index in [4.69, 9.17) is 9.47 Å². The summed E-state index contributed by atoms with van der Waals surface area (Å²) in [5.41, 5.74) is 2.45. The Morgan fingerprint density at radius 2 is 1.82 bits per heavy atom. The van der Waals surface area contributed by atoms with Crippen LogP contribution in [0, 0.1) is 0 Å². The zero-order chi connectivity index (χ0) is 23.2. The Morgan fingerprint density at radius 3 is 2.55 bits per heavy atom. The smallest absolute Gasteiger partial charge is 0.493 e. The van der Waals surface area contributed by atoms with E-state index in [-0.39, 0.29) is 11.3 Å². The molecule has 0 aliphatic carbocycles. The number of aromatic nitrogens is 2. The Labute approximate surface area is 185 Å². The summed E-state index contributed by atoms with van der Waals surface area (Å²) in [5, 5.41) is 0.665. The number of benzene rings is 2. The topological polar surface area (TPSA) is 62.6 Å². The second-order valence-electron chi connectivity index (χ2n) is 7.43. The average Bonchev–Trinajstić information content (AvgIpc) is 3.26. The van der Waals surface area contributed by atoms with Crippen molar-refractivity contribution in [1.29, 1.82) is 0 Å². The van der Waals surface area contributed by atoms with Crippen molar-refractivity contribution in [3.05, 3.63) is 76.6 Å². The summed E-state index contributed by atoms with van der Waals surface area (Å²) in [5.74, 6) is 0.713. The van der Waals surface area contributed by atoms with E-state index in [2.05, 4.69) is 9.72 Å². The van der Waals surface area contributed by atoms with Crippen LogP contribution in [-0.4, -0.2) is 29.6 Å². The molecule has 2 aromatic heterocycles. The summed E-state index contributed by atoms with van der Waals surface area (Å²) in [7, 11) is 1.46. The minimum absolute atomic E-state index is 0.301. The molecule has 0 N–H and O–H groups in total. The summed E-state index contributed by atoms with van der Waals surface area (Å²) in [6.07, 6.45) is -4.05. The molecule has 0 saturated heterocycles. The molecule has 1 aliphatic heterocycles. The van der Waals surface area contributed by atoms with Gasteiger partial charge in [0.2, 0.25) is 5.88 Å². The van der Waals surface area contributed by atoms with Crippen LogP contribution in [0.5, 0.6) is 17.4 Å².